The molecule has 5 nitrogen and oxygen atoms in total. The van der Waals surface area contributed by atoms with Gasteiger partial charge in [-0.3, -0.25) is 9.36 Å². The lowest BCUT2D eigenvalue weighted by atomic mass is 10.1. The number of rotatable bonds is 7. The van der Waals surface area contributed by atoms with Crippen molar-refractivity contribution in [3.05, 3.63) is 94.4 Å². The number of carbonyl (C=O) groups excluding carboxylic acids is 1. The van der Waals surface area contributed by atoms with Crippen LogP contribution in [0, 0.1) is 11.6 Å². The third-order valence-electron chi connectivity index (χ3n) is 4.30. The molecule has 4 rings (SSSR count). The molecule has 0 spiro atoms. The van der Waals surface area contributed by atoms with E-state index in [1.165, 1.54) is 40.4 Å². The number of amides is 1. The van der Waals surface area contributed by atoms with Crippen molar-refractivity contribution in [2.24, 2.45) is 0 Å². The van der Waals surface area contributed by atoms with Crippen LogP contribution in [-0.4, -0.2) is 26.4 Å². The topological polar surface area (TPSA) is 59.8 Å². The summed E-state index contributed by atoms with van der Waals surface area (Å²) in [7, 11) is 0. The van der Waals surface area contributed by atoms with Crippen LogP contribution in [-0.2, 0) is 4.79 Å². The number of nitrogens with one attached hydrogen (secondary N) is 1. The molecule has 4 aromatic rings. The number of aromatic nitrogens is 3. The van der Waals surface area contributed by atoms with Crippen molar-refractivity contribution in [3.8, 4) is 5.69 Å². The maximum atomic E-state index is 14.1. The van der Waals surface area contributed by atoms with Gasteiger partial charge in [-0.15, -0.1) is 21.5 Å². The van der Waals surface area contributed by atoms with Gasteiger partial charge in [0.15, 0.2) is 5.16 Å². The summed E-state index contributed by atoms with van der Waals surface area (Å²) in [5.41, 5.74) is 1.10. The van der Waals surface area contributed by atoms with Gasteiger partial charge < -0.3 is 5.32 Å². The second kappa shape index (κ2) is 9.19. The van der Waals surface area contributed by atoms with Crippen molar-refractivity contribution in [2.75, 3.05) is 5.75 Å². The van der Waals surface area contributed by atoms with Gasteiger partial charge in [0.25, 0.3) is 0 Å². The second-order valence-corrected chi connectivity index (χ2v) is 8.21. The first kappa shape index (κ1) is 20.2. The summed E-state index contributed by atoms with van der Waals surface area (Å²) >= 11 is 2.66. The quantitative estimate of drug-likeness (QED) is 0.425. The highest BCUT2D eigenvalue weighted by atomic mass is 32.2. The fourth-order valence-electron chi connectivity index (χ4n) is 2.90. The van der Waals surface area contributed by atoms with Crippen LogP contribution in [0.15, 0.2) is 77.5 Å². The molecule has 0 aliphatic carbocycles. The maximum absolute atomic E-state index is 14.1. The van der Waals surface area contributed by atoms with E-state index in [-0.39, 0.29) is 23.5 Å². The Hall–Kier alpha value is -3.04. The Morgan fingerprint density at radius 2 is 1.90 bits per heavy atom. The maximum Gasteiger partial charge on any atom is 0.231 e. The molecule has 2 aromatic heterocycles. The molecule has 0 aliphatic rings. The van der Waals surface area contributed by atoms with E-state index in [4.69, 9.17) is 0 Å². The Morgan fingerprint density at radius 3 is 2.63 bits per heavy atom. The van der Waals surface area contributed by atoms with Gasteiger partial charge in [-0.05, 0) is 41.3 Å². The Bertz CT molecular complexity index is 1130. The molecule has 0 bridgehead atoms. The Morgan fingerprint density at radius 1 is 1.10 bits per heavy atom. The summed E-state index contributed by atoms with van der Waals surface area (Å²) < 4.78 is 28.9. The largest absolute Gasteiger partial charge is 0.344 e. The van der Waals surface area contributed by atoms with Crippen molar-refractivity contribution in [2.45, 2.75) is 11.2 Å². The van der Waals surface area contributed by atoms with Crippen LogP contribution >= 0.6 is 23.1 Å². The van der Waals surface area contributed by atoms with E-state index in [0.717, 1.165) is 22.2 Å². The molecule has 0 fully saturated rings. The third kappa shape index (κ3) is 4.58. The molecular weight excluding hydrogens is 426 g/mol. The normalized spacial score (nSPS) is 11.9. The number of thioether (sulfide) groups is 1. The molecule has 9 heteroatoms. The molecule has 2 aromatic carbocycles. The van der Waals surface area contributed by atoms with Gasteiger partial charge in [-0.2, -0.15) is 0 Å². The van der Waals surface area contributed by atoms with Gasteiger partial charge in [-0.1, -0.05) is 42.1 Å². The van der Waals surface area contributed by atoms with Crippen LogP contribution in [0.3, 0.4) is 0 Å². The standard InChI is InChI=1S/C21H16F2N4OS2/c22-15-9-7-14(8-10-15)20(18-6-3-11-29-18)25-19(28)12-30-21-26-24-13-27(21)17-5-2-1-4-16(17)23/h1-11,13,20H,12H2,(H,25,28)/t20-/m0/s1. The molecule has 2 heterocycles. The zero-order valence-corrected chi connectivity index (χ0v) is 17.2. The Balaban J connectivity index is 1.47. The predicted molar refractivity (Wildman–Crippen MR) is 113 cm³/mol. The number of halogens is 2. The molecule has 152 valence electrons. The van der Waals surface area contributed by atoms with Crippen molar-refractivity contribution >= 4 is 29.0 Å². The van der Waals surface area contributed by atoms with Crippen molar-refractivity contribution in [3.63, 3.8) is 0 Å². The van der Waals surface area contributed by atoms with Gasteiger partial charge in [0, 0.05) is 4.88 Å². The molecule has 0 saturated heterocycles. The van der Waals surface area contributed by atoms with Crippen LogP contribution in [0.2, 0.25) is 0 Å². The highest BCUT2D eigenvalue weighted by molar-refractivity contribution is 7.99. The molecule has 0 unspecified atom stereocenters. The molecule has 1 N–H and O–H groups in total. The summed E-state index contributed by atoms with van der Waals surface area (Å²) in [6, 6.07) is 15.8. The van der Waals surface area contributed by atoms with E-state index < -0.39 is 5.82 Å². The van der Waals surface area contributed by atoms with E-state index in [0.29, 0.717) is 10.8 Å². The van der Waals surface area contributed by atoms with Gasteiger partial charge in [0.05, 0.1) is 17.5 Å². The number of nitrogens with zero attached hydrogens (tertiary/aromatic N) is 3. The molecule has 30 heavy (non-hydrogen) atoms. The van der Waals surface area contributed by atoms with Gasteiger partial charge in [0.2, 0.25) is 5.91 Å². The molecule has 0 saturated carbocycles. The van der Waals surface area contributed by atoms with Gasteiger partial charge >= 0.3 is 0 Å². The lowest BCUT2D eigenvalue weighted by Crippen LogP contribution is -2.30. The first-order valence-electron chi connectivity index (χ1n) is 8.98. The molecule has 0 aliphatic heterocycles. The fourth-order valence-corrected chi connectivity index (χ4v) is 4.43. The zero-order chi connectivity index (χ0) is 20.9. The third-order valence-corrected chi connectivity index (χ3v) is 6.18. The Labute approximate surface area is 179 Å². The lowest BCUT2D eigenvalue weighted by Gasteiger charge is -2.18. The first-order valence-corrected chi connectivity index (χ1v) is 10.8. The van der Waals surface area contributed by atoms with Gasteiger partial charge in [0.1, 0.15) is 18.0 Å². The average Bonchev–Trinajstić information content (AvgIpc) is 3.44. The summed E-state index contributed by atoms with van der Waals surface area (Å²) in [5.74, 6) is -0.905. The SMILES string of the molecule is O=C(CSc1nncn1-c1ccccc1F)N[C@@H](c1ccc(F)cc1)c1cccs1. The van der Waals surface area contributed by atoms with Crippen LogP contribution < -0.4 is 5.32 Å². The molecule has 0 radical (unpaired) electrons. The number of carbonyl (C=O) groups is 1. The Kier molecular flexibility index (Phi) is 6.20. The van der Waals surface area contributed by atoms with E-state index in [9.17, 15) is 13.6 Å². The average molecular weight is 443 g/mol. The van der Waals surface area contributed by atoms with Crippen molar-refractivity contribution in [1.82, 2.24) is 20.1 Å². The van der Waals surface area contributed by atoms with E-state index >= 15 is 0 Å². The van der Waals surface area contributed by atoms with Crippen molar-refractivity contribution in [1.29, 1.82) is 0 Å². The molecular formula is C21H16F2N4OS2. The fraction of sp³-hybridized carbons (Fsp3) is 0.0952. The minimum Gasteiger partial charge on any atom is -0.344 e. The summed E-state index contributed by atoms with van der Waals surface area (Å²) in [4.78, 5) is 13.6. The van der Waals surface area contributed by atoms with Crippen molar-refractivity contribution < 1.29 is 13.6 Å². The molecule has 1 atom stereocenters. The zero-order valence-electron chi connectivity index (χ0n) is 15.5. The highest BCUT2D eigenvalue weighted by Gasteiger charge is 2.19. The number of hydrogen-bond donors (Lipinski definition) is 1. The second-order valence-electron chi connectivity index (χ2n) is 6.29. The highest BCUT2D eigenvalue weighted by Crippen LogP contribution is 2.27. The summed E-state index contributed by atoms with van der Waals surface area (Å²) in [6.07, 6.45) is 1.41. The molecule has 1 amide bonds. The van der Waals surface area contributed by atoms with Crippen LogP contribution in [0.4, 0.5) is 8.78 Å². The predicted octanol–water partition coefficient (Wildman–Crippen LogP) is 4.60. The van der Waals surface area contributed by atoms with Crippen LogP contribution in [0.1, 0.15) is 16.5 Å². The lowest BCUT2D eigenvalue weighted by molar-refractivity contribution is -0.119. The minimum atomic E-state index is -0.405. The van der Waals surface area contributed by atoms with Gasteiger partial charge in [-0.25, -0.2) is 8.78 Å². The number of thiophene rings is 1. The van der Waals surface area contributed by atoms with E-state index in [1.54, 1.807) is 30.3 Å². The van der Waals surface area contributed by atoms with E-state index in [2.05, 4.69) is 15.5 Å². The summed E-state index contributed by atoms with van der Waals surface area (Å²) in [6.45, 7) is 0. The first-order chi connectivity index (χ1) is 14.6. The van der Waals surface area contributed by atoms with Crippen LogP contribution in [0.5, 0.6) is 0 Å². The monoisotopic (exact) mass is 442 g/mol. The minimum absolute atomic E-state index is 0.0657. The number of benzene rings is 2. The summed E-state index contributed by atoms with van der Waals surface area (Å²) in [5, 5.41) is 13.1. The van der Waals surface area contributed by atoms with Crippen LogP contribution in [0.25, 0.3) is 5.69 Å². The number of hydrogen-bond acceptors (Lipinski definition) is 5. The smallest absolute Gasteiger partial charge is 0.231 e. The number of para-hydroxylation sites is 1. The van der Waals surface area contributed by atoms with E-state index in [1.807, 2.05) is 17.5 Å².